The van der Waals surface area contributed by atoms with Crippen molar-refractivity contribution in [1.82, 2.24) is 0 Å². The topological polar surface area (TPSA) is 43.5 Å². The lowest BCUT2D eigenvalue weighted by Gasteiger charge is -2.27. The number of hydrogen-bond acceptors (Lipinski definition) is 3. The fraction of sp³-hybridized carbons (Fsp3) is 0.662. The van der Waals surface area contributed by atoms with Gasteiger partial charge in [0.2, 0.25) is 5.69 Å². The lowest BCUT2D eigenvalue weighted by Crippen LogP contribution is -2.28. The van der Waals surface area contributed by atoms with Gasteiger partial charge < -0.3 is 10.0 Å². The van der Waals surface area contributed by atoms with Crippen molar-refractivity contribution >= 4 is 34.8 Å². The average Bonchev–Trinajstić information content (AvgIpc) is 3.70. The molecule has 2 aromatic carbocycles. The van der Waals surface area contributed by atoms with Crippen LogP contribution in [0.5, 0.6) is 0 Å². The maximum Gasteiger partial charge on any atom is 0.304 e. The summed E-state index contributed by atoms with van der Waals surface area (Å²) in [6, 6.07) is 18.1. The van der Waals surface area contributed by atoms with Crippen molar-refractivity contribution in [2.45, 2.75) is 258 Å². The van der Waals surface area contributed by atoms with Gasteiger partial charge in [-0.2, -0.15) is 4.58 Å². The lowest BCUT2D eigenvalue weighted by atomic mass is 9.81. The smallest absolute Gasteiger partial charge is 0.304 e. The van der Waals surface area contributed by atoms with E-state index in [1.807, 2.05) is 0 Å². The molecule has 2 aliphatic heterocycles. The Bertz CT molecular complexity index is 2010. The number of aliphatic carboxylic acids is 1. The highest BCUT2D eigenvalue weighted by Crippen LogP contribution is 2.48. The summed E-state index contributed by atoms with van der Waals surface area (Å²) in [6.07, 6.45) is 51.5. The van der Waals surface area contributed by atoms with Crippen molar-refractivity contribution in [3.8, 4) is 0 Å². The minimum Gasteiger partial charge on any atom is -0.481 e. The molecule has 0 atom stereocenters. The van der Waals surface area contributed by atoms with Gasteiger partial charge >= 0.3 is 5.97 Å². The molecule has 5 rings (SSSR count). The standard InChI is InChI=1S/C65H100N2O2S/c1-7-9-11-13-15-17-19-21-23-25-27-29-31-37-51-66-58-44-35-33-42-56(58)64(3,4)60(66)48-46-54-40-39-41-55(63(54)70-53-50-62(68)69)47-49-61-65(5,6)57-43-34-36-45-59(57)67(61)52-38-32-30-28-26-24-22-20-18-16-14-12-10-8-2/h33-36,42-49H,7-32,37-41,50-53H2,1-6H3/p+1. The fourth-order valence-corrected chi connectivity index (χ4v) is 12.9. The van der Waals surface area contributed by atoms with Gasteiger partial charge in [-0.05, 0) is 74.8 Å². The van der Waals surface area contributed by atoms with Crippen LogP contribution in [0.25, 0.3) is 0 Å². The van der Waals surface area contributed by atoms with Crippen LogP contribution in [0.3, 0.4) is 0 Å². The summed E-state index contributed by atoms with van der Waals surface area (Å²) in [5.74, 6) is -0.143. The Balaban J connectivity index is 1.25. The maximum absolute atomic E-state index is 11.8. The van der Waals surface area contributed by atoms with Crippen molar-refractivity contribution < 1.29 is 14.5 Å². The molecule has 0 radical (unpaired) electrons. The van der Waals surface area contributed by atoms with E-state index >= 15 is 0 Å². The van der Waals surface area contributed by atoms with Crippen LogP contribution < -0.4 is 4.90 Å². The maximum atomic E-state index is 11.8. The van der Waals surface area contributed by atoms with Crippen LogP contribution in [-0.4, -0.2) is 40.2 Å². The molecule has 0 fully saturated rings. The molecule has 1 aliphatic carbocycles. The molecule has 0 spiro atoms. The molecule has 0 bridgehead atoms. The number of allylic oxidation sites excluding steroid dienone is 7. The van der Waals surface area contributed by atoms with E-state index in [0.717, 1.165) is 32.4 Å². The number of hydrogen-bond donors (Lipinski definition) is 1. The third-order valence-electron chi connectivity index (χ3n) is 16.0. The second-order valence-electron chi connectivity index (χ2n) is 22.4. The van der Waals surface area contributed by atoms with E-state index in [9.17, 15) is 9.90 Å². The van der Waals surface area contributed by atoms with Gasteiger partial charge in [0.15, 0.2) is 5.71 Å². The fourth-order valence-electron chi connectivity index (χ4n) is 11.7. The largest absolute Gasteiger partial charge is 0.481 e. The highest BCUT2D eigenvalue weighted by atomic mass is 32.2. The zero-order valence-corrected chi connectivity index (χ0v) is 46.7. The van der Waals surface area contributed by atoms with Crippen LogP contribution in [0.4, 0.5) is 11.4 Å². The zero-order chi connectivity index (χ0) is 49.9. The third-order valence-corrected chi connectivity index (χ3v) is 17.2. The number of rotatable bonds is 37. The monoisotopic (exact) mass is 974 g/mol. The van der Waals surface area contributed by atoms with Crippen molar-refractivity contribution in [3.05, 3.63) is 106 Å². The molecule has 2 heterocycles. The summed E-state index contributed by atoms with van der Waals surface area (Å²) in [7, 11) is 0. The van der Waals surface area contributed by atoms with E-state index in [-0.39, 0.29) is 17.3 Å². The number of thioether (sulfide) groups is 1. The van der Waals surface area contributed by atoms with E-state index in [1.54, 1.807) is 11.8 Å². The number of carbonyl (C=O) groups is 1. The first-order chi connectivity index (χ1) is 34.1. The van der Waals surface area contributed by atoms with Gasteiger partial charge in [-0.1, -0.05) is 237 Å². The number of nitrogens with zero attached hydrogens (tertiary/aromatic N) is 2. The van der Waals surface area contributed by atoms with Crippen molar-refractivity contribution in [1.29, 1.82) is 0 Å². The molecular formula is C65H101N2O2S+. The molecule has 4 nitrogen and oxygen atoms in total. The van der Waals surface area contributed by atoms with E-state index in [4.69, 9.17) is 0 Å². The highest BCUT2D eigenvalue weighted by Gasteiger charge is 2.44. The Morgan fingerprint density at radius 3 is 1.66 bits per heavy atom. The highest BCUT2D eigenvalue weighted by molar-refractivity contribution is 8.03. The third kappa shape index (κ3) is 18.0. The molecule has 0 unspecified atom stereocenters. The van der Waals surface area contributed by atoms with Gasteiger partial charge in [-0.3, -0.25) is 4.79 Å². The number of carboxylic acid groups (broad SMARTS) is 1. The molecule has 5 heteroatoms. The van der Waals surface area contributed by atoms with E-state index in [0.29, 0.717) is 5.75 Å². The Kier molecular flexibility index (Phi) is 26.3. The first-order valence-electron chi connectivity index (χ1n) is 29.4. The molecule has 3 aliphatic rings. The van der Waals surface area contributed by atoms with Crippen LogP contribution >= 0.6 is 11.8 Å². The lowest BCUT2D eigenvalue weighted by molar-refractivity contribution is -0.438. The summed E-state index contributed by atoms with van der Waals surface area (Å²) >= 11 is 1.76. The number of para-hydroxylation sites is 2. The van der Waals surface area contributed by atoms with Crippen molar-refractivity contribution in [2.75, 3.05) is 23.7 Å². The van der Waals surface area contributed by atoms with Gasteiger partial charge in [0, 0.05) is 58.1 Å². The minimum atomic E-state index is -0.724. The van der Waals surface area contributed by atoms with Gasteiger partial charge in [-0.25, -0.2) is 0 Å². The predicted molar refractivity (Wildman–Crippen MR) is 308 cm³/mol. The molecule has 1 N–H and O–H groups in total. The molecule has 388 valence electrons. The van der Waals surface area contributed by atoms with Crippen LogP contribution in [0.1, 0.15) is 258 Å². The van der Waals surface area contributed by atoms with Gasteiger partial charge in [0.1, 0.15) is 6.54 Å². The predicted octanol–water partition coefficient (Wildman–Crippen LogP) is 19.8. The minimum absolute atomic E-state index is 0.0997. The Hall–Kier alpha value is -3.31. The summed E-state index contributed by atoms with van der Waals surface area (Å²) in [5, 5.41) is 9.73. The Morgan fingerprint density at radius 2 is 1.10 bits per heavy atom. The van der Waals surface area contributed by atoms with Crippen molar-refractivity contribution in [3.63, 3.8) is 0 Å². The van der Waals surface area contributed by atoms with Crippen LogP contribution in [0.2, 0.25) is 0 Å². The van der Waals surface area contributed by atoms with Gasteiger partial charge in [0.05, 0.1) is 11.8 Å². The summed E-state index contributed by atoms with van der Waals surface area (Å²) in [5.41, 5.74) is 10.8. The van der Waals surface area contributed by atoms with Gasteiger partial charge in [-0.15, -0.1) is 11.8 Å². The molecule has 2 aromatic rings. The van der Waals surface area contributed by atoms with Crippen LogP contribution in [0, 0.1) is 0 Å². The van der Waals surface area contributed by atoms with E-state index in [1.165, 1.54) is 230 Å². The SMILES string of the molecule is CCCCCCCCCCCCCCCCN1C(=CC=C2CCCC(/C=C/C3=[N+](CCCCCCCCCCCCCCCC)c4ccccc4C3(C)C)=C2SCCC(=O)O)C(C)(C)c2ccccc21. The quantitative estimate of drug-likeness (QED) is 0.0541. The molecule has 0 aromatic heterocycles. The number of anilines is 1. The number of benzene rings is 2. The molecule has 0 saturated carbocycles. The molecule has 70 heavy (non-hydrogen) atoms. The van der Waals surface area contributed by atoms with E-state index in [2.05, 4.69) is 124 Å². The van der Waals surface area contributed by atoms with E-state index < -0.39 is 5.97 Å². The normalized spacial score (nSPS) is 17.5. The Labute approximate surface area is 434 Å². The molecular weight excluding hydrogens is 873 g/mol. The summed E-state index contributed by atoms with van der Waals surface area (Å²) in [6.45, 7) is 16.3. The van der Waals surface area contributed by atoms with Crippen LogP contribution in [0.15, 0.2) is 94.6 Å². The Morgan fingerprint density at radius 1 is 0.600 bits per heavy atom. The zero-order valence-electron chi connectivity index (χ0n) is 45.8. The van der Waals surface area contributed by atoms with Crippen molar-refractivity contribution in [2.24, 2.45) is 0 Å². The number of fused-ring (bicyclic) bond motifs is 2. The first-order valence-corrected chi connectivity index (χ1v) is 30.4. The van der Waals surface area contributed by atoms with Gasteiger partial charge in [0.25, 0.3) is 0 Å². The first kappa shape index (κ1) is 57.6. The molecule has 0 saturated heterocycles. The summed E-state index contributed by atoms with van der Waals surface area (Å²) < 4.78 is 2.63. The second kappa shape index (κ2) is 32.0. The van der Waals surface area contributed by atoms with Crippen LogP contribution in [-0.2, 0) is 15.6 Å². The summed E-state index contributed by atoms with van der Waals surface area (Å²) in [4.78, 5) is 15.8. The number of carboxylic acids is 1. The second-order valence-corrected chi connectivity index (χ2v) is 23.5. The average molecular weight is 975 g/mol. The number of unbranched alkanes of at least 4 members (excludes halogenated alkanes) is 26. The molecule has 0 amide bonds.